The number of anilines is 1. The van der Waals surface area contributed by atoms with Crippen molar-refractivity contribution in [3.8, 4) is 0 Å². The van der Waals surface area contributed by atoms with E-state index in [1.165, 1.54) is 25.7 Å². The van der Waals surface area contributed by atoms with Crippen LogP contribution in [0.3, 0.4) is 0 Å². The van der Waals surface area contributed by atoms with E-state index in [-0.39, 0.29) is 0 Å². The lowest BCUT2D eigenvalue weighted by Crippen LogP contribution is -2.49. The van der Waals surface area contributed by atoms with Crippen molar-refractivity contribution >= 4 is 23.2 Å². The predicted octanol–water partition coefficient (Wildman–Crippen LogP) is 3.81. The zero-order chi connectivity index (χ0) is 15.8. The second-order valence-electron chi connectivity index (χ2n) is 7.49. The fourth-order valence-corrected chi connectivity index (χ4v) is 5.05. The second kappa shape index (κ2) is 6.35. The molecule has 1 saturated heterocycles. The second-order valence-corrected chi connectivity index (χ2v) is 7.92. The highest BCUT2D eigenvalue weighted by Gasteiger charge is 2.40. The maximum atomic E-state index is 12.6. The van der Waals surface area contributed by atoms with Gasteiger partial charge < -0.3 is 9.80 Å². The molecule has 0 aromatic heterocycles. The topological polar surface area (TPSA) is 23.6 Å². The Kier molecular flexibility index (Phi) is 4.23. The summed E-state index contributed by atoms with van der Waals surface area (Å²) in [6, 6.07) is 8.00. The third kappa shape index (κ3) is 3.21. The summed E-state index contributed by atoms with van der Waals surface area (Å²) in [6.45, 7) is 3.49. The van der Waals surface area contributed by atoms with E-state index in [0.29, 0.717) is 11.8 Å². The van der Waals surface area contributed by atoms with Crippen LogP contribution < -0.4 is 4.90 Å². The highest BCUT2D eigenvalue weighted by Crippen LogP contribution is 2.49. The van der Waals surface area contributed by atoms with Crippen molar-refractivity contribution in [2.75, 3.05) is 31.1 Å². The molecule has 3 aliphatic rings. The number of benzene rings is 1. The van der Waals surface area contributed by atoms with Gasteiger partial charge in [-0.05, 0) is 55.2 Å². The zero-order valence-corrected chi connectivity index (χ0v) is 14.3. The van der Waals surface area contributed by atoms with Gasteiger partial charge in [0.1, 0.15) is 0 Å². The van der Waals surface area contributed by atoms with Crippen LogP contribution in [0.4, 0.5) is 5.69 Å². The molecule has 2 aliphatic carbocycles. The van der Waals surface area contributed by atoms with Gasteiger partial charge in [0.25, 0.3) is 0 Å². The van der Waals surface area contributed by atoms with Gasteiger partial charge in [-0.25, -0.2) is 0 Å². The molecule has 3 nitrogen and oxygen atoms in total. The van der Waals surface area contributed by atoms with Crippen molar-refractivity contribution < 1.29 is 4.79 Å². The molecule has 0 radical (unpaired) electrons. The molecule has 3 atom stereocenters. The standard InChI is InChI=1S/C19H25ClN2O/c20-17-2-1-3-18(13-17)21-6-8-22(9-7-21)19(23)12-16-11-14-4-5-15(16)10-14/h1-3,13-16H,4-12H2/t14-,15-,16+/m0/s1. The van der Waals surface area contributed by atoms with Crippen molar-refractivity contribution in [1.82, 2.24) is 4.90 Å². The molecule has 23 heavy (non-hydrogen) atoms. The first kappa shape index (κ1) is 15.3. The Morgan fingerprint density at radius 3 is 2.61 bits per heavy atom. The molecular formula is C19H25ClN2O. The Morgan fingerprint density at radius 1 is 1.13 bits per heavy atom. The number of nitrogens with zero attached hydrogens (tertiary/aromatic N) is 2. The van der Waals surface area contributed by atoms with Gasteiger partial charge in [0.2, 0.25) is 5.91 Å². The van der Waals surface area contributed by atoms with E-state index in [1.54, 1.807) is 0 Å². The maximum absolute atomic E-state index is 12.6. The molecule has 1 amide bonds. The molecule has 4 rings (SSSR count). The number of carbonyl (C=O) groups is 1. The molecule has 0 spiro atoms. The number of hydrogen-bond acceptors (Lipinski definition) is 2. The van der Waals surface area contributed by atoms with Gasteiger partial charge in [0, 0.05) is 43.3 Å². The lowest BCUT2D eigenvalue weighted by molar-refractivity contribution is -0.132. The quantitative estimate of drug-likeness (QED) is 0.840. The molecule has 1 aromatic rings. The van der Waals surface area contributed by atoms with E-state index in [9.17, 15) is 4.79 Å². The summed E-state index contributed by atoms with van der Waals surface area (Å²) in [6.07, 6.45) is 6.26. The van der Waals surface area contributed by atoms with Crippen LogP contribution in [-0.2, 0) is 4.79 Å². The summed E-state index contributed by atoms with van der Waals surface area (Å²) >= 11 is 6.08. The number of halogens is 1. The van der Waals surface area contributed by atoms with Gasteiger partial charge in [-0.3, -0.25) is 4.79 Å². The number of carbonyl (C=O) groups excluding carboxylic acids is 1. The minimum absolute atomic E-state index is 0.383. The summed E-state index contributed by atoms with van der Waals surface area (Å²) < 4.78 is 0. The highest BCUT2D eigenvalue weighted by molar-refractivity contribution is 6.30. The van der Waals surface area contributed by atoms with Crippen LogP contribution >= 0.6 is 11.6 Å². The molecule has 4 heteroatoms. The first-order valence-electron chi connectivity index (χ1n) is 8.97. The van der Waals surface area contributed by atoms with Gasteiger partial charge in [0.05, 0.1) is 0 Å². The van der Waals surface area contributed by atoms with Crippen molar-refractivity contribution in [2.45, 2.75) is 32.1 Å². The van der Waals surface area contributed by atoms with Crippen molar-refractivity contribution in [2.24, 2.45) is 17.8 Å². The Hall–Kier alpha value is -1.22. The fourth-order valence-electron chi connectivity index (χ4n) is 4.87. The third-order valence-electron chi connectivity index (χ3n) is 6.13. The number of piperazine rings is 1. The molecule has 0 unspecified atom stereocenters. The van der Waals surface area contributed by atoms with Crippen molar-refractivity contribution in [1.29, 1.82) is 0 Å². The minimum Gasteiger partial charge on any atom is -0.368 e. The Labute approximate surface area is 143 Å². The molecule has 0 N–H and O–H groups in total. The Bertz CT molecular complexity index is 582. The minimum atomic E-state index is 0.383. The molecule has 1 aliphatic heterocycles. The maximum Gasteiger partial charge on any atom is 0.222 e. The first-order valence-corrected chi connectivity index (χ1v) is 9.35. The number of hydrogen-bond donors (Lipinski definition) is 0. The normalized spacial score (nSPS) is 30.0. The molecule has 2 saturated carbocycles. The van der Waals surface area contributed by atoms with Crippen LogP contribution in [0.1, 0.15) is 32.1 Å². The van der Waals surface area contributed by atoms with Crippen LogP contribution in [0.2, 0.25) is 5.02 Å². The SMILES string of the molecule is O=C(C[C@H]1C[C@H]2CC[C@H]1C2)N1CCN(c2cccc(Cl)c2)CC1. The summed E-state index contributed by atoms with van der Waals surface area (Å²) in [5.74, 6) is 2.83. The van der Waals surface area contributed by atoms with Crippen LogP contribution in [0.25, 0.3) is 0 Å². The summed E-state index contributed by atoms with van der Waals surface area (Å²) in [4.78, 5) is 17.0. The van der Waals surface area contributed by atoms with Crippen molar-refractivity contribution in [3.05, 3.63) is 29.3 Å². The molecular weight excluding hydrogens is 308 g/mol. The van der Waals surface area contributed by atoms with E-state index in [4.69, 9.17) is 11.6 Å². The van der Waals surface area contributed by atoms with Crippen molar-refractivity contribution in [3.63, 3.8) is 0 Å². The number of fused-ring (bicyclic) bond motifs is 2. The largest absolute Gasteiger partial charge is 0.368 e. The van der Waals surface area contributed by atoms with Gasteiger partial charge in [-0.1, -0.05) is 24.1 Å². The first-order chi connectivity index (χ1) is 11.2. The average molecular weight is 333 g/mol. The van der Waals surface area contributed by atoms with Gasteiger partial charge in [0.15, 0.2) is 0 Å². The average Bonchev–Trinajstić information content (AvgIpc) is 3.18. The van der Waals surface area contributed by atoms with Crippen LogP contribution in [0, 0.1) is 17.8 Å². The Morgan fingerprint density at radius 2 is 1.96 bits per heavy atom. The van der Waals surface area contributed by atoms with Gasteiger partial charge >= 0.3 is 0 Å². The van der Waals surface area contributed by atoms with Gasteiger partial charge in [-0.15, -0.1) is 0 Å². The van der Waals surface area contributed by atoms with E-state index in [0.717, 1.165) is 55.1 Å². The molecule has 124 valence electrons. The van der Waals surface area contributed by atoms with Crippen LogP contribution in [0.15, 0.2) is 24.3 Å². The van der Waals surface area contributed by atoms with Crippen LogP contribution in [-0.4, -0.2) is 37.0 Å². The summed E-state index contributed by atoms with van der Waals surface area (Å²) in [5.41, 5.74) is 1.16. The number of amides is 1. The van der Waals surface area contributed by atoms with E-state index in [1.807, 2.05) is 18.2 Å². The molecule has 1 heterocycles. The zero-order valence-electron chi connectivity index (χ0n) is 13.6. The molecule has 1 aromatic carbocycles. The summed E-state index contributed by atoms with van der Waals surface area (Å²) in [5, 5.41) is 0.775. The predicted molar refractivity (Wildman–Crippen MR) is 93.8 cm³/mol. The van der Waals surface area contributed by atoms with E-state index < -0.39 is 0 Å². The lowest BCUT2D eigenvalue weighted by Gasteiger charge is -2.37. The third-order valence-corrected chi connectivity index (χ3v) is 6.36. The highest BCUT2D eigenvalue weighted by atomic mass is 35.5. The van der Waals surface area contributed by atoms with Crippen LogP contribution in [0.5, 0.6) is 0 Å². The fraction of sp³-hybridized carbons (Fsp3) is 0.632. The lowest BCUT2D eigenvalue weighted by atomic mass is 9.86. The molecule has 2 bridgehead atoms. The molecule has 3 fully saturated rings. The van der Waals surface area contributed by atoms with E-state index in [2.05, 4.69) is 15.9 Å². The van der Waals surface area contributed by atoms with E-state index >= 15 is 0 Å². The smallest absolute Gasteiger partial charge is 0.222 e. The monoisotopic (exact) mass is 332 g/mol. The number of rotatable bonds is 3. The Balaban J connectivity index is 1.30. The van der Waals surface area contributed by atoms with Gasteiger partial charge in [-0.2, -0.15) is 0 Å². The summed E-state index contributed by atoms with van der Waals surface area (Å²) in [7, 11) is 0.